The number of imidazole rings is 1. The summed E-state index contributed by atoms with van der Waals surface area (Å²) in [7, 11) is 0. The highest BCUT2D eigenvalue weighted by Gasteiger charge is 2.27. The number of hydrogen-bond donors (Lipinski definition) is 0. The molecule has 1 saturated heterocycles. The van der Waals surface area contributed by atoms with Gasteiger partial charge in [0, 0.05) is 42.5 Å². The Bertz CT molecular complexity index is 1120. The number of rotatable bonds is 4. The molecule has 4 aromatic rings. The predicted molar refractivity (Wildman–Crippen MR) is 110 cm³/mol. The maximum atomic E-state index is 13.1. The summed E-state index contributed by atoms with van der Waals surface area (Å²) in [5, 5.41) is 5.59. The van der Waals surface area contributed by atoms with Gasteiger partial charge in [-0.15, -0.1) is 5.10 Å². The summed E-state index contributed by atoms with van der Waals surface area (Å²) >= 11 is 1.55. The monoisotopic (exact) mass is 407 g/mol. The zero-order valence-corrected chi connectivity index (χ0v) is 16.3. The quantitative estimate of drug-likeness (QED) is 0.477. The van der Waals surface area contributed by atoms with E-state index in [1.807, 2.05) is 18.3 Å². The van der Waals surface area contributed by atoms with Gasteiger partial charge in [-0.25, -0.2) is 13.9 Å². The summed E-state index contributed by atoms with van der Waals surface area (Å²) in [6.45, 7) is 1.54. The molecule has 0 atom stereocenters. The Balaban J connectivity index is 1.27. The Hall–Kier alpha value is -3.13. The van der Waals surface area contributed by atoms with Crippen molar-refractivity contribution < 1.29 is 9.18 Å². The minimum atomic E-state index is -0.322. The van der Waals surface area contributed by atoms with E-state index < -0.39 is 0 Å². The molecule has 29 heavy (non-hydrogen) atoms. The fourth-order valence-electron chi connectivity index (χ4n) is 3.65. The lowest BCUT2D eigenvalue weighted by Gasteiger charge is -2.30. The third-order valence-electron chi connectivity index (χ3n) is 5.25. The van der Waals surface area contributed by atoms with Crippen LogP contribution in [0.15, 0.2) is 55.0 Å². The van der Waals surface area contributed by atoms with Gasteiger partial charge in [-0.2, -0.15) is 0 Å². The van der Waals surface area contributed by atoms with Gasteiger partial charge in [0.15, 0.2) is 5.78 Å². The van der Waals surface area contributed by atoms with E-state index in [4.69, 9.17) is 0 Å². The summed E-state index contributed by atoms with van der Waals surface area (Å²) in [6.07, 6.45) is 6.97. The Kier molecular flexibility index (Phi) is 4.55. The average molecular weight is 407 g/mol. The first-order chi connectivity index (χ1) is 14.2. The first kappa shape index (κ1) is 17.9. The number of fused-ring (bicyclic) bond motifs is 1. The number of carbonyl (C=O) groups is 1. The van der Waals surface area contributed by atoms with Crippen molar-refractivity contribution in [3.63, 3.8) is 0 Å². The second-order valence-electron chi connectivity index (χ2n) is 7.11. The van der Waals surface area contributed by atoms with E-state index in [-0.39, 0.29) is 17.5 Å². The van der Waals surface area contributed by atoms with Crippen LogP contribution in [0, 0.1) is 11.7 Å². The number of Topliss-reactive ketones (excluding diaryl/α,β-unsaturated/α-hetero) is 1. The van der Waals surface area contributed by atoms with E-state index in [0.29, 0.717) is 5.56 Å². The van der Waals surface area contributed by atoms with Crippen molar-refractivity contribution in [1.29, 1.82) is 0 Å². The second-order valence-corrected chi connectivity index (χ2v) is 8.05. The first-order valence-electron chi connectivity index (χ1n) is 9.49. The van der Waals surface area contributed by atoms with Crippen LogP contribution in [-0.4, -0.2) is 38.5 Å². The van der Waals surface area contributed by atoms with E-state index in [2.05, 4.69) is 20.0 Å². The third kappa shape index (κ3) is 3.51. The van der Waals surface area contributed by atoms with Gasteiger partial charge in [0.25, 0.3) is 0 Å². The Labute approximate surface area is 170 Å². The molecule has 1 fully saturated rings. The van der Waals surface area contributed by atoms with Gasteiger partial charge in [-0.1, -0.05) is 11.3 Å². The molecule has 6 nitrogen and oxygen atoms in total. The van der Waals surface area contributed by atoms with Gasteiger partial charge in [-0.05, 0) is 49.2 Å². The van der Waals surface area contributed by atoms with Crippen LogP contribution in [0.5, 0.6) is 0 Å². The molecule has 1 aliphatic rings. The van der Waals surface area contributed by atoms with E-state index in [1.165, 1.54) is 12.1 Å². The smallest absolute Gasteiger partial charge is 0.214 e. The maximum absolute atomic E-state index is 13.1. The standard InChI is InChI=1S/C21H18FN5OS/c22-17-5-3-14(4-6-17)19(28)15-7-10-26(11-8-15)21-25-27-13-18(24-20(27)29-21)16-2-1-9-23-12-16/h1-6,9,12-13,15H,7-8,10-11H2. The fraction of sp³-hybridized carbons (Fsp3) is 0.238. The minimum absolute atomic E-state index is 0.0297. The lowest BCUT2D eigenvalue weighted by molar-refractivity contribution is 0.0900. The third-order valence-corrected chi connectivity index (χ3v) is 6.24. The Morgan fingerprint density at radius 2 is 1.93 bits per heavy atom. The van der Waals surface area contributed by atoms with E-state index >= 15 is 0 Å². The number of benzene rings is 1. The van der Waals surface area contributed by atoms with Crippen molar-refractivity contribution in [2.45, 2.75) is 12.8 Å². The van der Waals surface area contributed by atoms with E-state index in [0.717, 1.165) is 47.3 Å². The molecule has 146 valence electrons. The molecule has 1 aliphatic heterocycles. The van der Waals surface area contributed by atoms with Crippen LogP contribution in [0.2, 0.25) is 0 Å². The van der Waals surface area contributed by atoms with Crippen molar-refractivity contribution in [3.8, 4) is 11.3 Å². The molecule has 0 spiro atoms. The van der Waals surface area contributed by atoms with Crippen LogP contribution in [-0.2, 0) is 0 Å². The van der Waals surface area contributed by atoms with Gasteiger partial charge >= 0.3 is 0 Å². The van der Waals surface area contributed by atoms with Gasteiger partial charge in [0.05, 0.1) is 11.9 Å². The van der Waals surface area contributed by atoms with Crippen molar-refractivity contribution in [2.75, 3.05) is 18.0 Å². The molecule has 3 aromatic heterocycles. The van der Waals surface area contributed by atoms with Crippen molar-refractivity contribution in [1.82, 2.24) is 19.6 Å². The van der Waals surface area contributed by atoms with Crippen molar-refractivity contribution in [3.05, 3.63) is 66.4 Å². The van der Waals surface area contributed by atoms with Crippen LogP contribution in [0.3, 0.4) is 0 Å². The summed E-state index contributed by atoms with van der Waals surface area (Å²) in [4.78, 5) is 24.5. The molecule has 0 radical (unpaired) electrons. The highest BCUT2D eigenvalue weighted by molar-refractivity contribution is 7.20. The molecular weight excluding hydrogens is 389 g/mol. The van der Waals surface area contributed by atoms with E-state index in [9.17, 15) is 9.18 Å². The Morgan fingerprint density at radius 3 is 2.62 bits per heavy atom. The highest BCUT2D eigenvalue weighted by atomic mass is 32.1. The molecule has 0 N–H and O–H groups in total. The fourth-order valence-corrected chi connectivity index (χ4v) is 4.59. The van der Waals surface area contributed by atoms with Crippen LogP contribution < -0.4 is 4.90 Å². The predicted octanol–water partition coefficient (Wildman–Crippen LogP) is 4.09. The molecule has 0 bridgehead atoms. The minimum Gasteiger partial charge on any atom is -0.347 e. The number of nitrogens with zero attached hydrogens (tertiary/aromatic N) is 5. The van der Waals surface area contributed by atoms with Gasteiger partial charge < -0.3 is 4.90 Å². The number of piperidine rings is 1. The molecule has 4 heterocycles. The van der Waals surface area contributed by atoms with Crippen molar-refractivity contribution in [2.24, 2.45) is 5.92 Å². The number of halogens is 1. The molecule has 0 saturated carbocycles. The SMILES string of the molecule is O=C(c1ccc(F)cc1)C1CCN(c2nn3cc(-c4cccnc4)nc3s2)CC1. The topological polar surface area (TPSA) is 63.4 Å². The van der Waals surface area contributed by atoms with E-state index in [1.54, 1.807) is 40.4 Å². The van der Waals surface area contributed by atoms with Gasteiger partial charge in [0.1, 0.15) is 5.82 Å². The molecule has 0 aliphatic carbocycles. The summed E-state index contributed by atoms with van der Waals surface area (Å²) < 4.78 is 14.9. The number of ketones is 1. The molecule has 1 aromatic carbocycles. The summed E-state index contributed by atoms with van der Waals surface area (Å²) in [5.74, 6) is -0.255. The van der Waals surface area contributed by atoms with Crippen LogP contribution in [0.1, 0.15) is 23.2 Å². The maximum Gasteiger partial charge on any atom is 0.214 e. The molecule has 8 heteroatoms. The van der Waals surface area contributed by atoms with Crippen molar-refractivity contribution >= 4 is 27.2 Å². The van der Waals surface area contributed by atoms with Gasteiger partial charge in [-0.3, -0.25) is 9.78 Å². The number of carbonyl (C=O) groups excluding carboxylic acids is 1. The number of anilines is 1. The number of aromatic nitrogens is 4. The van der Waals surface area contributed by atoms with Crippen LogP contribution >= 0.6 is 11.3 Å². The van der Waals surface area contributed by atoms with Crippen LogP contribution in [0.4, 0.5) is 9.52 Å². The lowest BCUT2D eigenvalue weighted by atomic mass is 9.89. The molecule has 0 unspecified atom stereocenters. The Morgan fingerprint density at radius 1 is 1.14 bits per heavy atom. The zero-order valence-electron chi connectivity index (χ0n) is 15.5. The number of hydrogen-bond acceptors (Lipinski definition) is 6. The molecular formula is C21H18FN5OS. The highest BCUT2D eigenvalue weighted by Crippen LogP contribution is 2.30. The zero-order chi connectivity index (χ0) is 19.8. The second kappa shape index (κ2) is 7.36. The number of pyridine rings is 1. The first-order valence-corrected chi connectivity index (χ1v) is 10.3. The average Bonchev–Trinajstić information content (AvgIpc) is 3.34. The largest absolute Gasteiger partial charge is 0.347 e. The summed E-state index contributed by atoms with van der Waals surface area (Å²) in [6, 6.07) is 9.68. The molecule has 0 amide bonds. The normalized spacial score (nSPS) is 15.1. The van der Waals surface area contributed by atoms with Gasteiger partial charge in [0.2, 0.25) is 10.1 Å². The summed E-state index contributed by atoms with van der Waals surface area (Å²) in [5.41, 5.74) is 2.40. The van der Waals surface area contributed by atoms with Crippen LogP contribution in [0.25, 0.3) is 16.2 Å². The molecule has 5 rings (SSSR count). The lowest BCUT2D eigenvalue weighted by Crippen LogP contribution is -2.36.